The second-order valence-electron chi connectivity index (χ2n) is 3.98. The van der Waals surface area contributed by atoms with Gasteiger partial charge >= 0.3 is 0 Å². The van der Waals surface area contributed by atoms with E-state index in [1.54, 1.807) is 0 Å². The predicted molar refractivity (Wildman–Crippen MR) is 42.9 cm³/mol. The minimum absolute atomic E-state index is 0.382. The zero-order valence-electron chi connectivity index (χ0n) is 6.77. The Morgan fingerprint density at radius 2 is 1.91 bits per heavy atom. The highest BCUT2D eigenvalue weighted by molar-refractivity contribution is 5.03. The second-order valence-corrected chi connectivity index (χ2v) is 3.98. The maximum atomic E-state index is 8.63. The van der Waals surface area contributed by atoms with Gasteiger partial charge in [0.05, 0.1) is 6.07 Å². The predicted octanol–water partition coefficient (Wildman–Crippen LogP) is 1.29. The fraction of sp³-hybridized carbons (Fsp3) is 0.889. The molecule has 2 fully saturated rings. The molecule has 0 aromatic rings. The molecule has 0 bridgehead atoms. The third-order valence-electron chi connectivity index (χ3n) is 3.21. The van der Waals surface area contributed by atoms with Gasteiger partial charge in [-0.25, -0.2) is 0 Å². The third-order valence-corrected chi connectivity index (χ3v) is 3.21. The highest BCUT2D eigenvalue weighted by Gasteiger charge is 2.44. The van der Waals surface area contributed by atoms with Gasteiger partial charge in [-0.2, -0.15) is 5.26 Å². The molecule has 2 aliphatic rings. The van der Waals surface area contributed by atoms with Crippen molar-refractivity contribution in [2.75, 3.05) is 13.1 Å². The Hall–Kier alpha value is -0.550. The fourth-order valence-electron chi connectivity index (χ4n) is 2.44. The van der Waals surface area contributed by atoms with E-state index >= 15 is 0 Å². The molecule has 1 spiro atoms. The average molecular weight is 150 g/mol. The van der Waals surface area contributed by atoms with Gasteiger partial charge in [0.25, 0.3) is 0 Å². The monoisotopic (exact) mass is 150 g/mol. The van der Waals surface area contributed by atoms with E-state index < -0.39 is 0 Å². The topological polar surface area (TPSA) is 35.8 Å². The van der Waals surface area contributed by atoms with E-state index in [1.165, 1.54) is 25.7 Å². The lowest BCUT2D eigenvalue weighted by molar-refractivity contribution is 0.0492. The van der Waals surface area contributed by atoms with Gasteiger partial charge in [0, 0.05) is 5.92 Å². The van der Waals surface area contributed by atoms with Gasteiger partial charge in [0.2, 0.25) is 0 Å². The number of rotatable bonds is 0. The van der Waals surface area contributed by atoms with Gasteiger partial charge < -0.3 is 5.32 Å². The number of nitriles is 1. The van der Waals surface area contributed by atoms with Crippen LogP contribution in [0.25, 0.3) is 0 Å². The number of piperidine rings is 1. The Morgan fingerprint density at radius 1 is 1.27 bits per heavy atom. The highest BCUT2D eigenvalue weighted by atomic mass is 14.9. The molecule has 0 radical (unpaired) electrons. The molecule has 0 amide bonds. The summed E-state index contributed by atoms with van der Waals surface area (Å²) in [6, 6.07) is 2.35. The van der Waals surface area contributed by atoms with Crippen LogP contribution in [0.2, 0.25) is 0 Å². The Bertz CT molecular complexity index is 178. The van der Waals surface area contributed by atoms with Crippen molar-refractivity contribution in [3.05, 3.63) is 0 Å². The van der Waals surface area contributed by atoms with E-state index in [0.29, 0.717) is 11.3 Å². The van der Waals surface area contributed by atoms with E-state index in [1.807, 2.05) is 0 Å². The van der Waals surface area contributed by atoms with Crippen LogP contribution in [-0.4, -0.2) is 13.1 Å². The van der Waals surface area contributed by atoms with E-state index in [2.05, 4.69) is 11.4 Å². The molecule has 11 heavy (non-hydrogen) atoms. The van der Waals surface area contributed by atoms with Gasteiger partial charge in [-0.05, 0) is 44.2 Å². The lowest BCUT2D eigenvalue weighted by atomic mass is 9.58. The van der Waals surface area contributed by atoms with Crippen molar-refractivity contribution < 1.29 is 0 Å². The Morgan fingerprint density at radius 3 is 2.45 bits per heavy atom. The maximum absolute atomic E-state index is 8.63. The Labute approximate surface area is 67.6 Å². The largest absolute Gasteiger partial charge is 0.317 e. The lowest BCUT2D eigenvalue weighted by Gasteiger charge is -2.47. The van der Waals surface area contributed by atoms with Crippen molar-refractivity contribution in [1.29, 1.82) is 5.26 Å². The molecule has 1 saturated carbocycles. The zero-order valence-corrected chi connectivity index (χ0v) is 6.77. The van der Waals surface area contributed by atoms with Crippen molar-refractivity contribution >= 4 is 0 Å². The van der Waals surface area contributed by atoms with Crippen LogP contribution >= 0.6 is 0 Å². The molecule has 0 atom stereocenters. The van der Waals surface area contributed by atoms with E-state index in [4.69, 9.17) is 5.26 Å². The van der Waals surface area contributed by atoms with E-state index in [9.17, 15) is 0 Å². The van der Waals surface area contributed by atoms with E-state index in [-0.39, 0.29) is 0 Å². The smallest absolute Gasteiger partial charge is 0.0656 e. The van der Waals surface area contributed by atoms with Crippen LogP contribution in [0.1, 0.15) is 25.7 Å². The van der Waals surface area contributed by atoms with Crippen LogP contribution in [0.5, 0.6) is 0 Å². The Kier molecular flexibility index (Phi) is 1.61. The van der Waals surface area contributed by atoms with Gasteiger partial charge in [0.15, 0.2) is 0 Å². The van der Waals surface area contributed by atoms with Crippen LogP contribution in [0.3, 0.4) is 0 Å². The summed E-state index contributed by atoms with van der Waals surface area (Å²) >= 11 is 0. The quantitative estimate of drug-likeness (QED) is 0.564. The number of nitrogens with one attached hydrogen (secondary N) is 1. The van der Waals surface area contributed by atoms with Gasteiger partial charge in [-0.15, -0.1) is 0 Å². The first-order valence-electron chi connectivity index (χ1n) is 4.45. The van der Waals surface area contributed by atoms with Crippen molar-refractivity contribution in [3.8, 4) is 6.07 Å². The first-order chi connectivity index (χ1) is 5.35. The summed E-state index contributed by atoms with van der Waals surface area (Å²) in [7, 11) is 0. The summed E-state index contributed by atoms with van der Waals surface area (Å²) in [6.07, 6.45) is 4.94. The van der Waals surface area contributed by atoms with Gasteiger partial charge in [0.1, 0.15) is 0 Å². The second kappa shape index (κ2) is 2.49. The molecule has 60 valence electrons. The van der Waals surface area contributed by atoms with Crippen LogP contribution < -0.4 is 5.32 Å². The molecular weight excluding hydrogens is 136 g/mol. The summed E-state index contributed by atoms with van der Waals surface area (Å²) in [5.74, 6) is 0.382. The van der Waals surface area contributed by atoms with Crippen molar-refractivity contribution in [2.45, 2.75) is 25.7 Å². The van der Waals surface area contributed by atoms with Crippen molar-refractivity contribution in [1.82, 2.24) is 5.32 Å². The first-order valence-corrected chi connectivity index (χ1v) is 4.45. The molecule has 2 heteroatoms. The van der Waals surface area contributed by atoms with Crippen LogP contribution in [0, 0.1) is 22.7 Å². The highest BCUT2D eigenvalue weighted by Crippen LogP contribution is 2.51. The summed E-state index contributed by atoms with van der Waals surface area (Å²) < 4.78 is 0. The molecule has 0 aromatic heterocycles. The van der Waals surface area contributed by atoms with Crippen LogP contribution in [0.15, 0.2) is 0 Å². The molecule has 1 N–H and O–H groups in total. The molecule has 1 saturated heterocycles. The van der Waals surface area contributed by atoms with Gasteiger partial charge in [-0.3, -0.25) is 0 Å². The van der Waals surface area contributed by atoms with Crippen molar-refractivity contribution in [3.63, 3.8) is 0 Å². The minimum atomic E-state index is 0.382. The SMILES string of the molecule is N#CC1CC2(CCNCC2)C1. The summed E-state index contributed by atoms with van der Waals surface area (Å²) in [6.45, 7) is 2.33. The van der Waals surface area contributed by atoms with Crippen LogP contribution in [-0.2, 0) is 0 Å². The molecule has 1 aliphatic carbocycles. The maximum Gasteiger partial charge on any atom is 0.0656 e. The number of nitrogens with zero attached hydrogens (tertiary/aromatic N) is 1. The van der Waals surface area contributed by atoms with E-state index in [0.717, 1.165) is 13.1 Å². The molecular formula is C9H14N2. The summed E-state index contributed by atoms with van der Waals surface area (Å²) in [4.78, 5) is 0. The normalized spacial score (nSPS) is 29.4. The first kappa shape index (κ1) is 7.12. The minimum Gasteiger partial charge on any atom is -0.317 e. The average Bonchev–Trinajstić information content (AvgIpc) is 2.01. The summed E-state index contributed by atoms with van der Waals surface area (Å²) in [5.41, 5.74) is 0.589. The zero-order chi connectivity index (χ0) is 7.73. The molecule has 0 unspecified atom stereocenters. The van der Waals surface area contributed by atoms with Crippen molar-refractivity contribution in [2.24, 2.45) is 11.3 Å². The number of hydrogen-bond donors (Lipinski definition) is 1. The lowest BCUT2D eigenvalue weighted by Crippen LogP contribution is -2.44. The fourth-order valence-corrected chi connectivity index (χ4v) is 2.44. The molecule has 1 heterocycles. The molecule has 2 rings (SSSR count). The number of hydrogen-bond acceptors (Lipinski definition) is 2. The third kappa shape index (κ3) is 1.14. The van der Waals surface area contributed by atoms with Gasteiger partial charge in [-0.1, -0.05) is 0 Å². The standard InChI is InChI=1S/C9H14N2/c10-7-8-5-9(6-8)1-3-11-4-2-9/h8,11H,1-6H2. The molecule has 2 nitrogen and oxygen atoms in total. The van der Waals surface area contributed by atoms with Crippen LogP contribution in [0.4, 0.5) is 0 Å². The Balaban J connectivity index is 1.90. The summed E-state index contributed by atoms with van der Waals surface area (Å²) in [5, 5.41) is 12.0. The molecule has 0 aromatic carbocycles. The molecule has 1 aliphatic heterocycles.